The van der Waals surface area contributed by atoms with Crippen molar-refractivity contribution in [2.45, 2.75) is 25.6 Å². The third-order valence-corrected chi connectivity index (χ3v) is 3.48. The van der Waals surface area contributed by atoms with E-state index in [1.807, 2.05) is 0 Å². The number of halogens is 4. The number of amides is 2. The molecule has 0 aliphatic rings. The summed E-state index contributed by atoms with van der Waals surface area (Å²) in [5.74, 6) is -2.11. The van der Waals surface area contributed by atoms with Crippen LogP contribution in [0.3, 0.4) is 0 Å². The van der Waals surface area contributed by atoms with Gasteiger partial charge in [-0.2, -0.15) is 13.2 Å². The number of nitrogens with one attached hydrogen (secondary N) is 2. The maximum absolute atomic E-state index is 13.6. The highest BCUT2D eigenvalue weighted by molar-refractivity contribution is 5.97. The minimum Gasteiger partial charge on any atom is -0.345 e. The molecule has 2 rings (SSSR count). The van der Waals surface area contributed by atoms with E-state index in [4.69, 9.17) is 0 Å². The van der Waals surface area contributed by atoms with Gasteiger partial charge in [0.15, 0.2) is 0 Å². The van der Waals surface area contributed by atoms with Gasteiger partial charge >= 0.3 is 6.18 Å². The predicted octanol–water partition coefficient (Wildman–Crippen LogP) is 4.21. The third-order valence-electron chi connectivity index (χ3n) is 3.48. The first-order valence-corrected chi connectivity index (χ1v) is 7.65. The lowest BCUT2D eigenvalue weighted by Crippen LogP contribution is -2.32. The summed E-state index contributed by atoms with van der Waals surface area (Å²) in [4.78, 5) is 23.4. The van der Waals surface area contributed by atoms with Crippen LogP contribution in [0.15, 0.2) is 48.5 Å². The largest absolute Gasteiger partial charge is 0.391 e. The Hall–Kier alpha value is -2.90. The van der Waals surface area contributed by atoms with Crippen molar-refractivity contribution >= 4 is 17.5 Å². The number of alkyl halides is 3. The van der Waals surface area contributed by atoms with Crippen LogP contribution in [0.5, 0.6) is 0 Å². The second-order valence-corrected chi connectivity index (χ2v) is 5.63. The summed E-state index contributed by atoms with van der Waals surface area (Å²) in [7, 11) is 0. The van der Waals surface area contributed by atoms with Crippen LogP contribution in [0.1, 0.15) is 35.3 Å². The van der Waals surface area contributed by atoms with E-state index >= 15 is 0 Å². The Bertz CT molecular complexity index is 792. The summed E-state index contributed by atoms with van der Waals surface area (Å²) >= 11 is 0. The lowest BCUT2D eigenvalue weighted by molar-refractivity contribution is -0.139. The molecule has 2 amide bonds. The maximum Gasteiger partial charge on any atom is 0.391 e. The summed E-state index contributed by atoms with van der Waals surface area (Å²) in [5.41, 5.74) is -0.00198. The van der Waals surface area contributed by atoms with Crippen LogP contribution in [0, 0.1) is 5.82 Å². The summed E-state index contributed by atoms with van der Waals surface area (Å²) in [5, 5.41) is 4.53. The van der Waals surface area contributed by atoms with E-state index in [1.165, 1.54) is 19.1 Å². The summed E-state index contributed by atoms with van der Waals surface area (Å²) in [6.45, 7) is 1.17. The fourth-order valence-electron chi connectivity index (χ4n) is 2.36. The van der Waals surface area contributed by atoms with Crippen LogP contribution in [-0.2, 0) is 4.79 Å². The molecule has 0 fully saturated rings. The number of hydrogen-bond acceptors (Lipinski definition) is 2. The minimum atomic E-state index is -4.49. The Kier molecular flexibility index (Phi) is 5.97. The van der Waals surface area contributed by atoms with E-state index in [9.17, 15) is 27.2 Å². The molecular weight excluding hydrogens is 352 g/mol. The van der Waals surface area contributed by atoms with Crippen molar-refractivity contribution in [1.29, 1.82) is 0 Å². The summed E-state index contributed by atoms with van der Waals surface area (Å²) < 4.78 is 52.2. The lowest BCUT2D eigenvalue weighted by Gasteiger charge is -2.21. The van der Waals surface area contributed by atoms with Gasteiger partial charge in [0.05, 0.1) is 18.2 Å². The molecule has 0 radical (unpaired) electrons. The second kappa shape index (κ2) is 7.99. The third kappa shape index (κ3) is 5.58. The number of rotatable bonds is 5. The van der Waals surface area contributed by atoms with Crippen molar-refractivity contribution in [2.24, 2.45) is 0 Å². The fraction of sp³-hybridized carbons (Fsp3) is 0.222. The average Bonchev–Trinajstić information content (AvgIpc) is 2.55. The van der Waals surface area contributed by atoms with E-state index in [1.54, 1.807) is 18.2 Å². The predicted molar refractivity (Wildman–Crippen MR) is 88.0 cm³/mol. The van der Waals surface area contributed by atoms with Crippen LogP contribution in [0.4, 0.5) is 23.2 Å². The molecule has 0 spiro atoms. The molecule has 0 unspecified atom stereocenters. The SMILES string of the molecule is CC(=O)Nc1cc(C(=O)N[C@@H](CC(F)(F)F)c2ccccc2)ccc1F. The molecule has 138 valence electrons. The van der Waals surface area contributed by atoms with Gasteiger partial charge in [0, 0.05) is 12.5 Å². The fourth-order valence-corrected chi connectivity index (χ4v) is 2.36. The Labute approximate surface area is 147 Å². The highest BCUT2D eigenvalue weighted by Crippen LogP contribution is 2.30. The first kappa shape index (κ1) is 19.4. The molecule has 0 saturated carbocycles. The van der Waals surface area contributed by atoms with E-state index in [2.05, 4.69) is 10.6 Å². The quantitative estimate of drug-likeness (QED) is 0.777. The molecule has 0 bridgehead atoms. The first-order chi connectivity index (χ1) is 12.2. The standard InChI is InChI=1S/C18H16F4N2O2/c1-11(25)23-15-9-13(7-8-14(15)19)17(26)24-16(10-18(20,21)22)12-5-3-2-4-6-12/h2-9,16H,10H2,1H3,(H,23,25)(H,24,26)/t16-/m0/s1. The highest BCUT2D eigenvalue weighted by Gasteiger charge is 2.33. The van der Waals surface area contributed by atoms with Crippen LogP contribution >= 0.6 is 0 Å². The normalized spacial score (nSPS) is 12.3. The van der Waals surface area contributed by atoms with Crippen molar-refractivity contribution < 1.29 is 27.2 Å². The van der Waals surface area contributed by atoms with Crippen molar-refractivity contribution in [2.75, 3.05) is 5.32 Å². The van der Waals surface area contributed by atoms with Crippen LogP contribution in [0.25, 0.3) is 0 Å². The highest BCUT2D eigenvalue weighted by atomic mass is 19.4. The monoisotopic (exact) mass is 368 g/mol. The summed E-state index contributed by atoms with van der Waals surface area (Å²) in [6, 6.07) is 9.60. The topological polar surface area (TPSA) is 58.2 Å². The minimum absolute atomic E-state index is 0.0711. The smallest absolute Gasteiger partial charge is 0.345 e. The molecule has 0 saturated heterocycles. The number of hydrogen-bond donors (Lipinski definition) is 2. The molecule has 1 atom stereocenters. The number of benzene rings is 2. The second-order valence-electron chi connectivity index (χ2n) is 5.63. The maximum atomic E-state index is 13.6. The average molecular weight is 368 g/mol. The number of anilines is 1. The lowest BCUT2D eigenvalue weighted by atomic mass is 10.0. The Morgan fingerprint density at radius 3 is 2.31 bits per heavy atom. The zero-order valence-corrected chi connectivity index (χ0v) is 13.7. The van der Waals surface area contributed by atoms with Gasteiger partial charge in [-0.15, -0.1) is 0 Å². The van der Waals surface area contributed by atoms with Gasteiger partial charge in [-0.25, -0.2) is 4.39 Å². The molecule has 0 heterocycles. The molecular formula is C18H16F4N2O2. The van der Waals surface area contributed by atoms with Crippen molar-refractivity contribution in [1.82, 2.24) is 5.32 Å². The van der Waals surface area contributed by atoms with Gasteiger partial charge in [-0.3, -0.25) is 9.59 Å². The molecule has 8 heteroatoms. The van der Waals surface area contributed by atoms with Crippen molar-refractivity contribution in [3.63, 3.8) is 0 Å². The van der Waals surface area contributed by atoms with Gasteiger partial charge in [0.2, 0.25) is 5.91 Å². The van der Waals surface area contributed by atoms with Crippen molar-refractivity contribution in [3.8, 4) is 0 Å². The summed E-state index contributed by atoms with van der Waals surface area (Å²) in [6.07, 6.45) is -5.74. The Morgan fingerprint density at radius 2 is 1.73 bits per heavy atom. The molecule has 0 aliphatic carbocycles. The molecule has 0 aliphatic heterocycles. The van der Waals surface area contributed by atoms with E-state index in [-0.39, 0.29) is 11.3 Å². The van der Waals surface area contributed by atoms with E-state index in [0.29, 0.717) is 5.56 Å². The molecule has 4 nitrogen and oxygen atoms in total. The van der Waals surface area contributed by atoms with Gasteiger partial charge < -0.3 is 10.6 Å². The van der Waals surface area contributed by atoms with Crippen LogP contribution in [0.2, 0.25) is 0 Å². The Morgan fingerprint density at radius 1 is 1.08 bits per heavy atom. The molecule has 0 aromatic heterocycles. The zero-order chi connectivity index (χ0) is 19.3. The molecule has 2 N–H and O–H groups in total. The van der Waals surface area contributed by atoms with Gasteiger partial charge in [-0.05, 0) is 23.8 Å². The van der Waals surface area contributed by atoms with Gasteiger partial charge in [-0.1, -0.05) is 30.3 Å². The van der Waals surface area contributed by atoms with Gasteiger partial charge in [0.25, 0.3) is 5.91 Å². The van der Waals surface area contributed by atoms with E-state index in [0.717, 1.165) is 18.2 Å². The molecule has 26 heavy (non-hydrogen) atoms. The van der Waals surface area contributed by atoms with E-state index < -0.39 is 36.3 Å². The first-order valence-electron chi connectivity index (χ1n) is 7.65. The molecule has 2 aromatic rings. The van der Waals surface area contributed by atoms with Crippen molar-refractivity contribution in [3.05, 3.63) is 65.5 Å². The Balaban J connectivity index is 2.25. The number of carbonyl (C=O) groups excluding carboxylic acids is 2. The van der Waals surface area contributed by atoms with Crippen LogP contribution in [-0.4, -0.2) is 18.0 Å². The van der Waals surface area contributed by atoms with Gasteiger partial charge in [0.1, 0.15) is 5.82 Å². The number of carbonyl (C=O) groups is 2. The van der Waals surface area contributed by atoms with Crippen LogP contribution < -0.4 is 10.6 Å². The zero-order valence-electron chi connectivity index (χ0n) is 13.7. The molecule has 2 aromatic carbocycles.